The molecular formula is C21H22FN7O. The molecule has 2 unspecified atom stereocenters. The Bertz CT molecular complexity index is 1110. The van der Waals surface area contributed by atoms with Crippen LogP contribution in [0.2, 0.25) is 0 Å². The van der Waals surface area contributed by atoms with Crippen LogP contribution in [0.3, 0.4) is 0 Å². The fraction of sp³-hybridized carbons (Fsp3) is 0.381. The Morgan fingerprint density at radius 1 is 1.13 bits per heavy atom. The first-order valence-corrected chi connectivity index (χ1v) is 9.95. The SMILES string of the molecule is CNc1ncnc(-c2c(C)nc(Oc3cncc(F)c3)nc2N2CC3CC3C2)c1C. The van der Waals surface area contributed by atoms with Gasteiger partial charge in [0.25, 0.3) is 0 Å². The highest BCUT2D eigenvalue weighted by Crippen LogP contribution is 2.48. The van der Waals surface area contributed by atoms with E-state index in [2.05, 4.69) is 30.2 Å². The van der Waals surface area contributed by atoms with E-state index in [4.69, 9.17) is 9.72 Å². The van der Waals surface area contributed by atoms with E-state index in [0.29, 0.717) is 0 Å². The molecule has 8 nitrogen and oxygen atoms in total. The van der Waals surface area contributed by atoms with Crippen molar-refractivity contribution >= 4 is 11.6 Å². The van der Waals surface area contributed by atoms with Crippen LogP contribution in [-0.2, 0) is 0 Å². The molecule has 1 aliphatic carbocycles. The molecule has 2 aliphatic rings. The van der Waals surface area contributed by atoms with E-state index >= 15 is 0 Å². The van der Waals surface area contributed by atoms with Crippen molar-refractivity contribution in [3.63, 3.8) is 0 Å². The van der Waals surface area contributed by atoms with Crippen LogP contribution in [0.15, 0.2) is 24.8 Å². The van der Waals surface area contributed by atoms with E-state index in [1.54, 1.807) is 6.33 Å². The van der Waals surface area contributed by atoms with Gasteiger partial charge in [0.1, 0.15) is 23.8 Å². The van der Waals surface area contributed by atoms with Gasteiger partial charge < -0.3 is 15.0 Å². The molecule has 1 saturated heterocycles. The fourth-order valence-electron chi connectivity index (χ4n) is 4.16. The number of fused-ring (bicyclic) bond motifs is 1. The van der Waals surface area contributed by atoms with E-state index in [1.807, 2.05) is 20.9 Å². The molecule has 0 bridgehead atoms. The molecule has 1 saturated carbocycles. The Labute approximate surface area is 173 Å². The van der Waals surface area contributed by atoms with Crippen LogP contribution in [-0.4, -0.2) is 45.1 Å². The quantitative estimate of drug-likeness (QED) is 0.689. The van der Waals surface area contributed by atoms with Gasteiger partial charge in [-0.1, -0.05) is 0 Å². The van der Waals surface area contributed by atoms with Crippen molar-refractivity contribution in [3.05, 3.63) is 41.9 Å². The standard InChI is InChI=1S/C21H22FN7O/c1-11-18(25-10-26-19(11)23-3)17-12(2)27-21(30-16-5-15(22)6-24-7-16)28-20(17)29-8-13-4-14(13)9-29/h5-7,10,13-14H,4,8-9H2,1-3H3,(H,23,25,26). The first-order chi connectivity index (χ1) is 14.5. The van der Waals surface area contributed by atoms with Gasteiger partial charge in [-0.05, 0) is 32.1 Å². The fourth-order valence-corrected chi connectivity index (χ4v) is 4.16. The smallest absolute Gasteiger partial charge is 0.324 e. The highest BCUT2D eigenvalue weighted by Gasteiger charge is 2.46. The molecule has 4 heterocycles. The van der Waals surface area contributed by atoms with Gasteiger partial charge >= 0.3 is 6.01 Å². The summed E-state index contributed by atoms with van der Waals surface area (Å²) in [5.41, 5.74) is 3.34. The zero-order valence-corrected chi connectivity index (χ0v) is 17.1. The minimum absolute atomic E-state index is 0.166. The van der Waals surface area contributed by atoms with Crippen molar-refractivity contribution in [2.75, 3.05) is 30.4 Å². The number of hydrogen-bond donors (Lipinski definition) is 1. The molecule has 9 heteroatoms. The van der Waals surface area contributed by atoms with Gasteiger partial charge in [0, 0.05) is 31.8 Å². The Morgan fingerprint density at radius 2 is 1.93 bits per heavy atom. The maximum Gasteiger partial charge on any atom is 0.324 e. The molecule has 2 atom stereocenters. The van der Waals surface area contributed by atoms with Crippen LogP contribution in [0.25, 0.3) is 11.3 Å². The second-order valence-electron chi connectivity index (χ2n) is 7.84. The summed E-state index contributed by atoms with van der Waals surface area (Å²) < 4.78 is 19.3. The van der Waals surface area contributed by atoms with Crippen LogP contribution >= 0.6 is 0 Å². The third-order valence-electron chi connectivity index (χ3n) is 5.78. The number of rotatable bonds is 5. The molecule has 1 aliphatic heterocycles. The predicted molar refractivity (Wildman–Crippen MR) is 110 cm³/mol. The molecule has 0 amide bonds. The van der Waals surface area contributed by atoms with Gasteiger partial charge in [-0.25, -0.2) is 14.4 Å². The predicted octanol–water partition coefficient (Wildman–Crippen LogP) is 3.37. The lowest BCUT2D eigenvalue weighted by molar-refractivity contribution is 0.434. The number of aryl methyl sites for hydroxylation is 1. The second kappa shape index (κ2) is 7.16. The zero-order valence-electron chi connectivity index (χ0n) is 17.1. The summed E-state index contributed by atoms with van der Waals surface area (Å²) in [6.45, 7) is 5.81. The number of nitrogens with zero attached hydrogens (tertiary/aromatic N) is 6. The average molecular weight is 407 g/mol. The van der Waals surface area contributed by atoms with E-state index < -0.39 is 5.82 Å². The molecule has 0 aromatic carbocycles. The van der Waals surface area contributed by atoms with Crippen LogP contribution in [0, 0.1) is 31.5 Å². The van der Waals surface area contributed by atoms with Gasteiger partial charge in [0.15, 0.2) is 5.75 Å². The Morgan fingerprint density at radius 3 is 2.67 bits per heavy atom. The van der Waals surface area contributed by atoms with Crippen LogP contribution < -0.4 is 15.0 Å². The molecule has 2 fully saturated rings. The Balaban J connectivity index is 1.61. The molecule has 3 aromatic rings. The van der Waals surface area contributed by atoms with Gasteiger partial charge in [-0.3, -0.25) is 4.98 Å². The zero-order chi connectivity index (χ0) is 20.8. The second-order valence-corrected chi connectivity index (χ2v) is 7.84. The molecule has 5 rings (SSSR count). The number of pyridine rings is 1. The number of ether oxygens (including phenoxy) is 1. The summed E-state index contributed by atoms with van der Waals surface area (Å²) >= 11 is 0. The molecule has 0 spiro atoms. The molecule has 30 heavy (non-hydrogen) atoms. The van der Waals surface area contributed by atoms with Crippen molar-refractivity contribution in [1.82, 2.24) is 24.9 Å². The van der Waals surface area contributed by atoms with Crippen molar-refractivity contribution in [3.8, 4) is 23.0 Å². The maximum absolute atomic E-state index is 13.5. The molecule has 0 radical (unpaired) electrons. The molecule has 154 valence electrons. The van der Waals surface area contributed by atoms with E-state index in [9.17, 15) is 4.39 Å². The first-order valence-electron chi connectivity index (χ1n) is 9.95. The van der Waals surface area contributed by atoms with Crippen molar-refractivity contribution < 1.29 is 9.13 Å². The highest BCUT2D eigenvalue weighted by molar-refractivity contribution is 5.80. The summed E-state index contributed by atoms with van der Waals surface area (Å²) in [4.78, 5) is 24.2. The van der Waals surface area contributed by atoms with Crippen LogP contribution in [0.5, 0.6) is 11.8 Å². The minimum Gasteiger partial charge on any atom is -0.422 e. The maximum atomic E-state index is 13.5. The minimum atomic E-state index is -0.475. The van der Waals surface area contributed by atoms with Gasteiger partial charge in [0.2, 0.25) is 0 Å². The Kier molecular flexibility index (Phi) is 4.45. The van der Waals surface area contributed by atoms with Crippen molar-refractivity contribution in [2.45, 2.75) is 20.3 Å². The van der Waals surface area contributed by atoms with Crippen molar-refractivity contribution in [2.24, 2.45) is 11.8 Å². The van der Waals surface area contributed by atoms with Crippen molar-refractivity contribution in [1.29, 1.82) is 0 Å². The molecular weight excluding hydrogens is 385 g/mol. The van der Waals surface area contributed by atoms with Crippen LogP contribution in [0.1, 0.15) is 17.7 Å². The lowest BCUT2D eigenvalue weighted by Crippen LogP contribution is -2.24. The largest absolute Gasteiger partial charge is 0.422 e. The van der Waals surface area contributed by atoms with E-state index in [-0.39, 0.29) is 11.8 Å². The molecule has 3 aromatic heterocycles. The third-order valence-corrected chi connectivity index (χ3v) is 5.78. The number of aromatic nitrogens is 5. The summed E-state index contributed by atoms with van der Waals surface area (Å²) in [7, 11) is 1.83. The molecule has 1 N–H and O–H groups in total. The number of nitrogens with one attached hydrogen (secondary N) is 1. The van der Waals surface area contributed by atoms with Gasteiger partial charge in [-0.15, -0.1) is 0 Å². The highest BCUT2D eigenvalue weighted by atomic mass is 19.1. The van der Waals surface area contributed by atoms with Crippen LogP contribution in [0.4, 0.5) is 16.0 Å². The lowest BCUT2D eigenvalue weighted by atomic mass is 10.1. The van der Waals surface area contributed by atoms with E-state index in [1.165, 1.54) is 18.7 Å². The number of hydrogen-bond acceptors (Lipinski definition) is 8. The first kappa shape index (κ1) is 18.7. The topological polar surface area (TPSA) is 89.0 Å². The Hall–Kier alpha value is -3.36. The number of anilines is 2. The number of piperidine rings is 1. The average Bonchev–Trinajstić information content (AvgIpc) is 3.33. The van der Waals surface area contributed by atoms with E-state index in [0.717, 1.165) is 65.3 Å². The van der Waals surface area contributed by atoms with Gasteiger partial charge in [0.05, 0.1) is 29.3 Å². The summed E-state index contributed by atoms with van der Waals surface area (Å²) in [6.07, 6.45) is 5.39. The summed E-state index contributed by atoms with van der Waals surface area (Å²) in [6, 6.07) is 1.43. The summed E-state index contributed by atoms with van der Waals surface area (Å²) in [5, 5.41) is 3.10. The third kappa shape index (κ3) is 3.30. The van der Waals surface area contributed by atoms with Gasteiger partial charge in [-0.2, -0.15) is 9.97 Å². The summed E-state index contributed by atoms with van der Waals surface area (Å²) in [5.74, 6) is 2.79. The lowest BCUT2D eigenvalue weighted by Gasteiger charge is -2.24. The normalized spacial score (nSPS) is 19.5. The number of halogens is 1. The monoisotopic (exact) mass is 407 g/mol.